The summed E-state index contributed by atoms with van der Waals surface area (Å²) >= 11 is 0. The third kappa shape index (κ3) is 3.34. The minimum Gasteiger partial charge on any atom is -0.391 e. The minimum atomic E-state index is -4.16. The molecule has 0 aromatic heterocycles. The molecule has 0 saturated heterocycles. The first-order chi connectivity index (χ1) is 9.42. The molecule has 1 aliphatic rings. The van der Waals surface area contributed by atoms with E-state index in [0.29, 0.717) is 0 Å². The molecule has 1 aromatic rings. The average molecular weight is 305 g/mol. The van der Waals surface area contributed by atoms with Gasteiger partial charge >= 0.3 is 0 Å². The second-order valence-electron chi connectivity index (χ2n) is 5.02. The van der Waals surface area contributed by atoms with Crippen molar-refractivity contribution in [1.29, 1.82) is 0 Å². The van der Waals surface area contributed by atoms with Gasteiger partial charge in [0.15, 0.2) is 11.6 Å². The lowest BCUT2D eigenvalue weighted by Crippen LogP contribution is -2.36. The van der Waals surface area contributed by atoms with Crippen LogP contribution >= 0.6 is 0 Å². The zero-order valence-electron chi connectivity index (χ0n) is 10.9. The zero-order chi connectivity index (χ0) is 14.8. The van der Waals surface area contributed by atoms with E-state index in [9.17, 15) is 22.3 Å². The first-order valence-corrected chi connectivity index (χ1v) is 8.02. The van der Waals surface area contributed by atoms with E-state index in [1.54, 1.807) is 0 Å². The molecule has 1 unspecified atom stereocenters. The zero-order valence-corrected chi connectivity index (χ0v) is 11.7. The quantitative estimate of drug-likeness (QED) is 0.871. The highest BCUT2D eigenvalue weighted by Gasteiger charge is 2.26. The normalized spacial score (nSPS) is 18.4. The van der Waals surface area contributed by atoms with Gasteiger partial charge in [-0.2, -0.15) is 0 Å². The van der Waals surface area contributed by atoms with E-state index < -0.39 is 32.7 Å². The van der Waals surface area contributed by atoms with Crippen LogP contribution in [0.25, 0.3) is 0 Å². The number of hydrogen-bond acceptors (Lipinski definition) is 3. The first kappa shape index (κ1) is 15.3. The van der Waals surface area contributed by atoms with E-state index in [2.05, 4.69) is 4.72 Å². The van der Waals surface area contributed by atoms with E-state index in [1.165, 1.54) is 0 Å². The molecular formula is C13H17F2NO3S. The Morgan fingerprint density at radius 1 is 1.30 bits per heavy atom. The van der Waals surface area contributed by atoms with Gasteiger partial charge in [-0.25, -0.2) is 21.9 Å². The summed E-state index contributed by atoms with van der Waals surface area (Å²) in [6.45, 7) is -0.192. The Hall–Kier alpha value is -1.05. The summed E-state index contributed by atoms with van der Waals surface area (Å²) in [4.78, 5) is -0.740. The molecule has 1 atom stereocenters. The van der Waals surface area contributed by atoms with Crippen molar-refractivity contribution in [3.8, 4) is 0 Å². The van der Waals surface area contributed by atoms with E-state index in [1.807, 2.05) is 0 Å². The average Bonchev–Trinajstić information content (AvgIpc) is 2.93. The molecule has 1 aromatic carbocycles. The Labute approximate surface area is 116 Å². The molecule has 1 saturated carbocycles. The fraction of sp³-hybridized carbons (Fsp3) is 0.538. The third-order valence-electron chi connectivity index (χ3n) is 3.63. The van der Waals surface area contributed by atoms with Crippen LogP contribution in [0, 0.1) is 17.6 Å². The Balaban J connectivity index is 2.05. The first-order valence-electron chi connectivity index (χ1n) is 6.53. The summed E-state index contributed by atoms with van der Waals surface area (Å²) in [6, 6.07) is 2.96. The number of hydrogen-bond donors (Lipinski definition) is 2. The predicted octanol–water partition coefficient (Wildman–Crippen LogP) is 1.79. The molecule has 0 heterocycles. The summed E-state index contributed by atoms with van der Waals surface area (Å²) in [7, 11) is -4.16. The number of halogens is 2. The van der Waals surface area contributed by atoms with Crippen molar-refractivity contribution in [1.82, 2.24) is 4.72 Å². The van der Waals surface area contributed by atoms with Crippen LogP contribution in [0.5, 0.6) is 0 Å². The van der Waals surface area contributed by atoms with E-state index in [4.69, 9.17) is 0 Å². The van der Waals surface area contributed by atoms with E-state index >= 15 is 0 Å². The molecular weight excluding hydrogens is 288 g/mol. The number of sulfonamides is 1. The lowest BCUT2D eigenvalue weighted by Gasteiger charge is -2.18. The molecule has 0 bridgehead atoms. The highest BCUT2D eigenvalue weighted by atomic mass is 32.2. The molecule has 0 amide bonds. The van der Waals surface area contributed by atoms with Crippen molar-refractivity contribution in [2.75, 3.05) is 6.54 Å². The Kier molecular flexibility index (Phi) is 4.72. The molecule has 20 heavy (non-hydrogen) atoms. The SMILES string of the molecule is O=S(=O)(NCC(O)C1CCCC1)c1cccc(F)c1F. The fourth-order valence-electron chi connectivity index (χ4n) is 2.47. The Morgan fingerprint density at radius 2 is 1.95 bits per heavy atom. The van der Waals surface area contributed by atoms with Crippen molar-refractivity contribution in [2.45, 2.75) is 36.7 Å². The lowest BCUT2D eigenvalue weighted by molar-refractivity contribution is 0.115. The molecule has 0 radical (unpaired) electrons. The highest BCUT2D eigenvalue weighted by Crippen LogP contribution is 2.27. The van der Waals surface area contributed by atoms with Crippen LogP contribution in [0.3, 0.4) is 0 Å². The Bertz CT molecular complexity index is 571. The van der Waals surface area contributed by atoms with Crippen LogP contribution in [-0.2, 0) is 10.0 Å². The fourth-order valence-corrected chi connectivity index (χ4v) is 3.61. The summed E-state index contributed by atoms with van der Waals surface area (Å²) in [5, 5.41) is 9.89. The van der Waals surface area contributed by atoms with Gasteiger partial charge < -0.3 is 5.11 Å². The maximum absolute atomic E-state index is 13.5. The van der Waals surface area contributed by atoms with Gasteiger partial charge in [-0.3, -0.25) is 0 Å². The van der Waals surface area contributed by atoms with Crippen LogP contribution in [-0.4, -0.2) is 26.2 Å². The van der Waals surface area contributed by atoms with Crippen molar-refractivity contribution in [3.63, 3.8) is 0 Å². The van der Waals surface area contributed by atoms with Gasteiger partial charge in [0.1, 0.15) is 4.90 Å². The van der Waals surface area contributed by atoms with Crippen LogP contribution in [0.4, 0.5) is 8.78 Å². The highest BCUT2D eigenvalue weighted by molar-refractivity contribution is 7.89. The molecule has 1 fully saturated rings. The Morgan fingerprint density at radius 3 is 2.60 bits per heavy atom. The van der Waals surface area contributed by atoms with Crippen molar-refractivity contribution >= 4 is 10.0 Å². The number of rotatable bonds is 5. The van der Waals surface area contributed by atoms with Gasteiger partial charge in [0.25, 0.3) is 0 Å². The summed E-state index contributed by atoms with van der Waals surface area (Å²) in [5.74, 6) is -2.56. The second-order valence-corrected chi connectivity index (χ2v) is 6.75. The van der Waals surface area contributed by atoms with Crippen LogP contribution in [0.1, 0.15) is 25.7 Å². The van der Waals surface area contributed by atoms with Crippen molar-refractivity contribution in [2.24, 2.45) is 5.92 Å². The molecule has 2 N–H and O–H groups in total. The van der Waals surface area contributed by atoms with E-state index in [0.717, 1.165) is 43.9 Å². The van der Waals surface area contributed by atoms with Crippen molar-refractivity contribution in [3.05, 3.63) is 29.8 Å². The molecule has 0 spiro atoms. The molecule has 7 heteroatoms. The number of benzene rings is 1. The monoisotopic (exact) mass is 305 g/mol. The van der Waals surface area contributed by atoms with Gasteiger partial charge in [0, 0.05) is 6.54 Å². The summed E-state index contributed by atoms with van der Waals surface area (Å²) in [6.07, 6.45) is 2.96. The topological polar surface area (TPSA) is 66.4 Å². The smallest absolute Gasteiger partial charge is 0.243 e. The van der Waals surface area contributed by atoms with Crippen LogP contribution < -0.4 is 4.72 Å². The number of aliphatic hydroxyl groups is 1. The van der Waals surface area contributed by atoms with E-state index in [-0.39, 0.29) is 12.5 Å². The van der Waals surface area contributed by atoms with Gasteiger partial charge in [-0.15, -0.1) is 0 Å². The van der Waals surface area contributed by atoms with Crippen molar-refractivity contribution < 1.29 is 22.3 Å². The second kappa shape index (κ2) is 6.15. The third-order valence-corrected chi connectivity index (χ3v) is 5.07. The molecule has 4 nitrogen and oxygen atoms in total. The van der Waals surface area contributed by atoms with Crippen LogP contribution in [0.2, 0.25) is 0 Å². The van der Waals surface area contributed by atoms with Gasteiger partial charge in [-0.05, 0) is 30.9 Å². The summed E-state index contributed by atoms with van der Waals surface area (Å²) in [5.41, 5.74) is 0. The standard InChI is InChI=1S/C13H17F2NO3S/c14-10-6-3-7-12(13(10)15)20(18,19)16-8-11(17)9-4-1-2-5-9/h3,6-7,9,11,16-17H,1-2,4-5,8H2. The number of nitrogens with one attached hydrogen (secondary N) is 1. The van der Waals surface area contributed by atoms with Gasteiger partial charge in [-0.1, -0.05) is 18.9 Å². The maximum Gasteiger partial charge on any atom is 0.243 e. The minimum absolute atomic E-state index is 0.0649. The number of aliphatic hydroxyl groups excluding tert-OH is 1. The van der Waals surface area contributed by atoms with Gasteiger partial charge in [0.05, 0.1) is 6.10 Å². The molecule has 1 aliphatic carbocycles. The van der Waals surface area contributed by atoms with Crippen LogP contribution in [0.15, 0.2) is 23.1 Å². The molecule has 0 aliphatic heterocycles. The molecule has 2 rings (SSSR count). The maximum atomic E-state index is 13.5. The summed E-state index contributed by atoms with van der Waals surface area (Å²) < 4.78 is 52.4. The predicted molar refractivity (Wildman–Crippen MR) is 69.5 cm³/mol. The lowest BCUT2D eigenvalue weighted by atomic mass is 10.0. The van der Waals surface area contributed by atoms with Gasteiger partial charge in [0.2, 0.25) is 10.0 Å². The largest absolute Gasteiger partial charge is 0.391 e. The molecule has 112 valence electrons.